The molecule has 1 aromatic rings. The first kappa shape index (κ1) is 14.7. The first-order valence-electron chi connectivity index (χ1n) is 5.96. The van der Waals surface area contributed by atoms with E-state index in [2.05, 4.69) is 4.98 Å². The van der Waals surface area contributed by atoms with Gasteiger partial charge in [0.25, 0.3) is 0 Å². The molecule has 1 aliphatic heterocycles. The number of aromatic nitrogens is 2. The van der Waals surface area contributed by atoms with Crippen LogP contribution in [0.1, 0.15) is 10.9 Å². The monoisotopic (exact) mass is 299 g/mol. The van der Waals surface area contributed by atoms with Crippen molar-refractivity contribution in [3.05, 3.63) is 33.8 Å². The van der Waals surface area contributed by atoms with Crippen LogP contribution in [0.15, 0.2) is 22.5 Å². The minimum atomic E-state index is -0.579. The van der Waals surface area contributed by atoms with Gasteiger partial charge in [-0.25, -0.2) is 4.79 Å². The third kappa shape index (κ3) is 2.48. The van der Waals surface area contributed by atoms with Crippen molar-refractivity contribution in [2.45, 2.75) is 17.5 Å². The van der Waals surface area contributed by atoms with Crippen LogP contribution in [0.2, 0.25) is 0 Å². The summed E-state index contributed by atoms with van der Waals surface area (Å²) in [6, 6.07) is 0. The molecule has 0 aromatic carbocycles. The van der Waals surface area contributed by atoms with E-state index < -0.39 is 11.1 Å². The summed E-state index contributed by atoms with van der Waals surface area (Å²) < 4.78 is 11.6. The van der Waals surface area contributed by atoms with Gasteiger partial charge in [-0.15, -0.1) is 11.8 Å². The highest BCUT2D eigenvalue weighted by atomic mass is 32.2. The maximum atomic E-state index is 11.9. The summed E-state index contributed by atoms with van der Waals surface area (Å²) in [7, 11) is 3.05. The molecular weight excluding hydrogens is 282 g/mol. The van der Waals surface area contributed by atoms with Crippen LogP contribution in [0, 0.1) is 6.92 Å². The Labute approximate surface area is 120 Å². The summed E-state index contributed by atoms with van der Waals surface area (Å²) >= 11 is 1.37. The highest BCUT2D eigenvalue weighted by Crippen LogP contribution is 2.44. The molecule has 1 aliphatic rings. The molecule has 0 bridgehead atoms. The molecule has 2 heterocycles. The molecule has 0 radical (unpaired) electrons. The minimum Gasteiger partial charge on any atom is -0.506 e. The standard InChI is InChI=1S/C12H17N3O4S/c1-6-4-15(12(17)14-10(6)13)11-8(16)9(19-3)7(20-11)5-18-2/h4,7,11,16H,5H2,1-3H3,(H2,13,14,17)/t7-,11-/m1/s1. The number of ether oxygens (including phenoxy) is 2. The Morgan fingerprint density at radius 1 is 1.55 bits per heavy atom. The van der Waals surface area contributed by atoms with Crippen molar-refractivity contribution in [1.29, 1.82) is 0 Å². The fourth-order valence-corrected chi connectivity index (χ4v) is 3.41. The number of anilines is 1. The first-order valence-corrected chi connectivity index (χ1v) is 6.90. The second kappa shape index (κ2) is 5.76. The van der Waals surface area contributed by atoms with E-state index in [-0.39, 0.29) is 16.8 Å². The van der Waals surface area contributed by atoms with E-state index in [1.165, 1.54) is 23.4 Å². The van der Waals surface area contributed by atoms with Crippen LogP contribution in [0.25, 0.3) is 0 Å². The lowest BCUT2D eigenvalue weighted by Gasteiger charge is -2.15. The lowest BCUT2D eigenvalue weighted by atomic mass is 10.3. The lowest BCUT2D eigenvalue weighted by Crippen LogP contribution is -2.27. The van der Waals surface area contributed by atoms with Gasteiger partial charge in [-0.3, -0.25) is 4.57 Å². The number of rotatable bonds is 4. The fraction of sp³-hybridized carbons (Fsp3) is 0.500. The SMILES string of the molecule is COC[C@H]1S[C@@H](n2cc(C)c(N)nc2=O)C(O)=C1OC. The fourth-order valence-electron chi connectivity index (χ4n) is 2.02. The van der Waals surface area contributed by atoms with Crippen LogP contribution in [0.5, 0.6) is 0 Å². The van der Waals surface area contributed by atoms with Crippen LogP contribution in [0.3, 0.4) is 0 Å². The Balaban J connectivity index is 2.42. The number of thioether (sulfide) groups is 1. The van der Waals surface area contributed by atoms with E-state index in [1.807, 2.05) is 0 Å². The Kier molecular flexibility index (Phi) is 4.24. The van der Waals surface area contributed by atoms with Gasteiger partial charge in [0.15, 0.2) is 11.5 Å². The zero-order valence-corrected chi connectivity index (χ0v) is 12.3. The van der Waals surface area contributed by atoms with Crippen molar-refractivity contribution in [2.24, 2.45) is 0 Å². The lowest BCUT2D eigenvalue weighted by molar-refractivity contribution is 0.175. The first-order chi connectivity index (χ1) is 9.49. The van der Waals surface area contributed by atoms with E-state index >= 15 is 0 Å². The summed E-state index contributed by atoms with van der Waals surface area (Å²) in [4.78, 5) is 15.7. The van der Waals surface area contributed by atoms with Gasteiger partial charge in [-0.1, -0.05) is 0 Å². The molecule has 7 nitrogen and oxygen atoms in total. The van der Waals surface area contributed by atoms with Gasteiger partial charge in [-0.2, -0.15) is 4.98 Å². The third-order valence-electron chi connectivity index (χ3n) is 3.04. The maximum Gasteiger partial charge on any atom is 0.350 e. The number of nitrogens with zero attached hydrogens (tertiary/aromatic N) is 2. The average Bonchev–Trinajstić information content (AvgIpc) is 2.71. The summed E-state index contributed by atoms with van der Waals surface area (Å²) in [6.45, 7) is 2.13. The van der Waals surface area contributed by atoms with E-state index in [1.54, 1.807) is 20.2 Å². The molecule has 0 saturated carbocycles. The molecule has 0 amide bonds. The molecule has 0 spiro atoms. The van der Waals surface area contributed by atoms with Crippen LogP contribution >= 0.6 is 11.8 Å². The Morgan fingerprint density at radius 3 is 2.85 bits per heavy atom. The number of nitrogens with two attached hydrogens (primary N) is 1. The molecule has 20 heavy (non-hydrogen) atoms. The second-order valence-corrected chi connectivity index (χ2v) is 5.67. The quantitative estimate of drug-likeness (QED) is 0.848. The van der Waals surface area contributed by atoms with E-state index in [4.69, 9.17) is 15.2 Å². The predicted molar refractivity (Wildman–Crippen MR) is 76.6 cm³/mol. The number of nitrogen functional groups attached to an aromatic ring is 1. The van der Waals surface area contributed by atoms with Gasteiger partial charge in [0.05, 0.1) is 19.0 Å². The molecule has 0 aliphatic carbocycles. The topological polar surface area (TPSA) is 99.6 Å². The van der Waals surface area contributed by atoms with Crippen LogP contribution in [0.4, 0.5) is 5.82 Å². The maximum absolute atomic E-state index is 11.9. The van der Waals surface area contributed by atoms with Crippen LogP contribution in [-0.4, -0.2) is 40.7 Å². The van der Waals surface area contributed by atoms with Gasteiger partial charge in [-0.05, 0) is 6.92 Å². The zero-order valence-electron chi connectivity index (χ0n) is 11.5. The van der Waals surface area contributed by atoms with Crippen molar-refractivity contribution in [3.63, 3.8) is 0 Å². The zero-order chi connectivity index (χ0) is 14.9. The normalized spacial score (nSPS) is 22.4. The number of hydrogen-bond acceptors (Lipinski definition) is 7. The molecule has 110 valence electrons. The molecule has 3 N–H and O–H groups in total. The number of aliphatic hydroxyl groups is 1. The van der Waals surface area contributed by atoms with Gasteiger partial charge < -0.3 is 20.3 Å². The molecule has 0 unspecified atom stereocenters. The summed E-state index contributed by atoms with van der Waals surface area (Å²) in [5.41, 5.74) is 5.77. The average molecular weight is 299 g/mol. The molecular formula is C12H17N3O4S. The van der Waals surface area contributed by atoms with Crippen molar-refractivity contribution in [2.75, 3.05) is 26.6 Å². The number of aryl methyl sites for hydroxylation is 1. The van der Waals surface area contributed by atoms with Gasteiger partial charge >= 0.3 is 5.69 Å². The Hall–Kier alpha value is -1.67. The molecule has 2 atom stereocenters. The number of methoxy groups -OCH3 is 2. The third-order valence-corrected chi connectivity index (χ3v) is 4.42. The van der Waals surface area contributed by atoms with Gasteiger partial charge in [0.1, 0.15) is 11.2 Å². The molecule has 0 fully saturated rings. The number of aliphatic hydroxyl groups excluding tert-OH is 1. The van der Waals surface area contributed by atoms with Gasteiger partial charge in [0, 0.05) is 18.9 Å². The van der Waals surface area contributed by atoms with E-state index in [0.717, 1.165) is 0 Å². The van der Waals surface area contributed by atoms with Crippen LogP contribution < -0.4 is 11.4 Å². The van der Waals surface area contributed by atoms with E-state index in [0.29, 0.717) is 17.9 Å². The molecule has 2 rings (SSSR count). The highest BCUT2D eigenvalue weighted by molar-refractivity contribution is 8.00. The largest absolute Gasteiger partial charge is 0.506 e. The van der Waals surface area contributed by atoms with Crippen molar-refractivity contribution in [1.82, 2.24) is 9.55 Å². The summed E-state index contributed by atoms with van der Waals surface area (Å²) in [6.07, 6.45) is 1.58. The Morgan fingerprint density at radius 2 is 2.25 bits per heavy atom. The Bertz CT molecular complexity index is 599. The predicted octanol–water partition coefficient (Wildman–Crippen LogP) is 0.810. The van der Waals surface area contributed by atoms with Crippen molar-refractivity contribution >= 4 is 17.6 Å². The molecule has 8 heteroatoms. The molecule has 0 saturated heterocycles. The minimum absolute atomic E-state index is 0.00706. The summed E-state index contributed by atoms with van der Waals surface area (Å²) in [5, 5.41) is 9.50. The van der Waals surface area contributed by atoms with Gasteiger partial charge in [0.2, 0.25) is 0 Å². The highest BCUT2D eigenvalue weighted by Gasteiger charge is 2.37. The molecule has 1 aromatic heterocycles. The number of hydrogen-bond donors (Lipinski definition) is 2. The van der Waals surface area contributed by atoms with Crippen molar-refractivity contribution in [3.8, 4) is 0 Å². The second-order valence-electron chi connectivity index (χ2n) is 4.39. The van der Waals surface area contributed by atoms with E-state index in [9.17, 15) is 9.90 Å². The summed E-state index contributed by atoms with van der Waals surface area (Å²) in [5.74, 6) is 0.619. The smallest absolute Gasteiger partial charge is 0.350 e. The van der Waals surface area contributed by atoms with Crippen LogP contribution in [-0.2, 0) is 9.47 Å². The van der Waals surface area contributed by atoms with Crippen molar-refractivity contribution < 1.29 is 14.6 Å².